The standard InChI is InChI=1S/2C13H11NS2.Zn/c2*15-13(16)14(11-7-3-1-4-8-11)12-9-5-2-6-10-12;/h2*1-10H,(H,15,16);/q;;+2/p-2. The maximum Gasteiger partial charge on any atom is 2.00 e. The molecule has 0 aliphatic carbocycles. The number of para-hydroxylation sites is 4. The fourth-order valence-electron chi connectivity index (χ4n) is 3.03. The second-order valence-corrected chi connectivity index (χ2v) is 8.61. The van der Waals surface area contributed by atoms with Crippen LogP contribution in [-0.2, 0) is 44.7 Å². The molecule has 0 saturated heterocycles. The van der Waals surface area contributed by atoms with Gasteiger partial charge in [-0.2, -0.15) is 0 Å². The predicted molar refractivity (Wildman–Crippen MR) is 150 cm³/mol. The van der Waals surface area contributed by atoms with Crippen molar-refractivity contribution >= 4 is 81.1 Å². The Hall–Kier alpha value is -2.28. The Morgan fingerprint density at radius 2 is 0.606 bits per heavy atom. The molecule has 0 N–H and O–H groups in total. The molecule has 7 heteroatoms. The fourth-order valence-corrected chi connectivity index (χ4v) is 3.87. The number of anilines is 4. The Balaban J connectivity index is 0.000000227. The smallest absolute Gasteiger partial charge is 0.411 e. The van der Waals surface area contributed by atoms with Gasteiger partial charge in [-0.25, -0.2) is 0 Å². The van der Waals surface area contributed by atoms with Gasteiger partial charge in [-0.15, -0.1) is 0 Å². The minimum atomic E-state index is 0. The van der Waals surface area contributed by atoms with Crippen molar-refractivity contribution < 1.29 is 19.5 Å². The molecule has 0 radical (unpaired) electrons. The van der Waals surface area contributed by atoms with E-state index >= 15 is 0 Å². The van der Waals surface area contributed by atoms with Crippen LogP contribution in [0.5, 0.6) is 0 Å². The molecule has 0 amide bonds. The zero-order chi connectivity index (χ0) is 22.8. The summed E-state index contributed by atoms with van der Waals surface area (Å²) >= 11 is 20.5. The average molecular weight is 554 g/mol. The first-order chi connectivity index (χ1) is 15.6. The van der Waals surface area contributed by atoms with Crippen molar-refractivity contribution in [1.82, 2.24) is 0 Å². The van der Waals surface area contributed by atoms with Crippen LogP contribution < -0.4 is 9.80 Å². The molecule has 4 aromatic rings. The van der Waals surface area contributed by atoms with E-state index in [-0.39, 0.29) is 19.5 Å². The number of thiocarbonyl (C=S) groups is 2. The Bertz CT molecular complexity index is 956. The van der Waals surface area contributed by atoms with Gasteiger partial charge in [0.25, 0.3) is 0 Å². The fraction of sp³-hybridized carbons (Fsp3) is 0. The summed E-state index contributed by atoms with van der Waals surface area (Å²) in [4.78, 5) is 3.76. The van der Waals surface area contributed by atoms with Crippen LogP contribution in [0.3, 0.4) is 0 Å². The van der Waals surface area contributed by atoms with E-state index in [1.54, 1.807) is 0 Å². The topological polar surface area (TPSA) is 6.48 Å². The minimum absolute atomic E-state index is 0. The average Bonchev–Trinajstić information content (AvgIpc) is 2.82. The van der Waals surface area contributed by atoms with Crippen molar-refractivity contribution in [3.8, 4) is 0 Å². The summed E-state index contributed by atoms with van der Waals surface area (Å²) in [6.07, 6.45) is 0. The summed E-state index contributed by atoms with van der Waals surface area (Å²) in [5, 5.41) is 0. The van der Waals surface area contributed by atoms with Crippen LogP contribution in [0.15, 0.2) is 121 Å². The first-order valence-electron chi connectivity index (χ1n) is 9.80. The van der Waals surface area contributed by atoms with Gasteiger partial charge >= 0.3 is 19.5 Å². The van der Waals surface area contributed by atoms with Crippen LogP contribution in [0, 0.1) is 0 Å². The Morgan fingerprint density at radius 3 is 0.758 bits per heavy atom. The van der Waals surface area contributed by atoms with E-state index in [4.69, 9.17) is 49.7 Å². The molecular weight excluding hydrogens is 534 g/mol. The van der Waals surface area contributed by atoms with E-state index in [2.05, 4.69) is 0 Å². The van der Waals surface area contributed by atoms with Gasteiger partial charge in [0.15, 0.2) is 0 Å². The Kier molecular flexibility index (Phi) is 11.5. The molecule has 0 aliphatic heterocycles. The zero-order valence-electron chi connectivity index (χ0n) is 17.8. The number of hydrogen-bond acceptors (Lipinski definition) is 4. The van der Waals surface area contributed by atoms with Crippen LogP contribution in [0.1, 0.15) is 0 Å². The second-order valence-electron chi connectivity index (χ2n) is 6.54. The molecule has 33 heavy (non-hydrogen) atoms. The molecule has 0 aromatic heterocycles. The van der Waals surface area contributed by atoms with Crippen molar-refractivity contribution in [2.75, 3.05) is 9.80 Å². The Morgan fingerprint density at radius 1 is 0.424 bits per heavy atom. The van der Waals surface area contributed by atoms with Crippen molar-refractivity contribution in [2.24, 2.45) is 0 Å². The van der Waals surface area contributed by atoms with E-state index in [9.17, 15) is 0 Å². The van der Waals surface area contributed by atoms with Crippen molar-refractivity contribution in [2.45, 2.75) is 0 Å². The van der Waals surface area contributed by atoms with E-state index in [1.807, 2.05) is 131 Å². The monoisotopic (exact) mass is 552 g/mol. The van der Waals surface area contributed by atoms with E-state index in [0.29, 0.717) is 8.64 Å². The number of rotatable bonds is 4. The van der Waals surface area contributed by atoms with E-state index < -0.39 is 0 Å². The molecule has 0 saturated carbocycles. The summed E-state index contributed by atoms with van der Waals surface area (Å²) < 4.78 is 0.856. The number of nitrogens with zero attached hydrogens (tertiary/aromatic N) is 2. The van der Waals surface area contributed by atoms with E-state index in [1.165, 1.54) is 0 Å². The number of benzene rings is 4. The first kappa shape index (κ1) is 27.0. The summed E-state index contributed by atoms with van der Waals surface area (Å²) in [6, 6.07) is 39.6. The molecule has 0 fully saturated rings. The summed E-state index contributed by atoms with van der Waals surface area (Å²) in [7, 11) is 0. The van der Waals surface area contributed by atoms with Crippen molar-refractivity contribution in [3.05, 3.63) is 121 Å². The van der Waals surface area contributed by atoms with Gasteiger partial charge in [0.2, 0.25) is 0 Å². The summed E-state index contributed by atoms with van der Waals surface area (Å²) in [5.74, 6) is 0. The minimum Gasteiger partial charge on any atom is -0.411 e. The summed E-state index contributed by atoms with van der Waals surface area (Å²) in [6.45, 7) is 0. The van der Waals surface area contributed by atoms with Crippen LogP contribution in [-0.4, -0.2) is 8.64 Å². The molecule has 0 spiro atoms. The third kappa shape index (κ3) is 7.92. The van der Waals surface area contributed by atoms with Gasteiger partial charge in [0, 0.05) is 22.7 Å². The molecule has 0 atom stereocenters. The molecule has 0 aliphatic rings. The molecular formula is C26H20N2S4Zn. The molecule has 2 nitrogen and oxygen atoms in total. The predicted octanol–water partition coefficient (Wildman–Crippen LogP) is 7.31. The van der Waals surface area contributed by atoms with Crippen molar-refractivity contribution in [3.63, 3.8) is 0 Å². The van der Waals surface area contributed by atoms with Crippen LogP contribution in [0.4, 0.5) is 22.7 Å². The molecule has 0 unspecified atom stereocenters. The van der Waals surface area contributed by atoms with Gasteiger partial charge in [-0.05, 0) is 48.5 Å². The number of hydrogen-bond donors (Lipinski definition) is 0. The van der Waals surface area contributed by atoms with Gasteiger partial charge < -0.3 is 59.5 Å². The van der Waals surface area contributed by atoms with Crippen LogP contribution in [0.25, 0.3) is 0 Å². The first-order valence-corrected chi connectivity index (χ1v) is 11.4. The van der Waals surface area contributed by atoms with Gasteiger partial charge in [-0.3, -0.25) is 0 Å². The molecule has 160 valence electrons. The van der Waals surface area contributed by atoms with Gasteiger partial charge in [0.1, 0.15) is 0 Å². The van der Waals surface area contributed by atoms with E-state index in [0.717, 1.165) is 22.7 Å². The SMILES string of the molecule is S=C([S-])N(c1ccccc1)c1ccccc1.S=C([S-])N(c1ccccc1)c1ccccc1.[Zn+2]. The second kappa shape index (κ2) is 14.1. The quantitative estimate of drug-likeness (QED) is 0.147. The molecule has 0 heterocycles. The largest absolute Gasteiger partial charge is 2.00 e. The summed E-state index contributed by atoms with van der Waals surface area (Å²) in [5.41, 5.74) is 3.98. The zero-order valence-corrected chi connectivity index (χ0v) is 24.0. The van der Waals surface area contributed by atoms with Gasteiger partial charge in [0.05, 0.1) is 0 Å². The maximum atomic E-state index is 5.12. The van der Waals surface area contributed by atoms with Crippen LogP contribution in [0.2, 0.25) is 0 Å². The molecule has 4 aromatic carbocycles. The Labute approximate surface area is 230 Å². The molecule has 4 rings (SSSR count). The normalized spacial score (nSPS) is 9.45. The van der Waals surface area contributed by atoms with Crippen molar-refractivity contribution in [1.29, 1.82) is 0 Å². The maximum absolute atomic E-state index is 5.12. The van der Waals surface area contributed by atoms with Crippen LogP contribution >= 0.6 is 24.4 Å². The third-order valence-electron chi connectivity index (χ3n) is 4.42. The third-order valence-corrected chi connectivity index (χ3v) is 5.15. The van der Waals surface area contributed by atoms with Gasteiger partial charge in [-0.1, -0.05) is 81.4 Å². The molecule has 0 bridgehead atoms.